The maximum atomic E-state index is 14.6. The Balaban J connectivity index is 1.82. The quantitative estimate of drug-likeness (QED) is 0.191. The molecular formula is C37H43N3O4S. The van der Waals surface area contributed by atoms with Gasteiger partial charge >= 0.3 is 0 Å². The highest BCUT2D eigenvalue weighted by Crippen LogP contribution is 2.27. The number of rotatable bonds is 13. The van der Waals surface area contributed by atoms with Crippen LogP contribution in [0.25, 0.3) is 0 Å². The largest absolute Gasteiger partial charge is 0.354 e. The van der Waals surface area contributed by atoms with Gasteiger partial charge in [0.1, 0.15) is 12.6 Å². The molecule has 0 saturated heterocycles. The lowest BCUT2D eigenvalue weighted by atomic mass is 10.0. The zero-order valence-corrected chi connectivity index (χ0v) is 27.6. The molecule has 0 aliphatic heterocycles. The Kier molecular flexibility index (Phi) is 11.2. The van der Waals surface area contributed by atoms with E-state index in [0.29, 0.717) is 12.2 Å². The van der Waals surface area contributed by atoms with Gasteiger partial charge in [0.25, 0.3) is 10.0 Å². The number of aryl methyl sites for hydroxylation is 3. The Bertz CT molecular complexity index is 1690. The molecule has 0 aromatic heterocycles. The first kappa shape index (κ1) is 33.5. The van der Waals surface area contributed by atoms with E-state index in [1.165, 1.54) is 16.4 Å². The molecule has 7 nitrogen and oxygen atoms in total. The molecule has 0 aliphatic carbocycles. The van der Waals surface area contributed by atoms with Crippen LogP contribution in [0.2, 0.25) is 0 Å². The summed E-state index contributed by atoms with van der Waals surface area (Å²) < 4.78 is 29.5. The summed E-state index contributed by atoms with van der Waals surface area (Å²) in [6.45, 7) is 9.89. The Hall–Kier alpha value is -4.43. The van der Waals surface area contributed by atoms with Gasteiger partial charge in [0.05, 0.1) is 10.6 Å². The molecular weight excluding hydrogens is 582 g/mol. The number of hydrogen-bond donors (Lipinski definition) is 1. The predicted octanol–water partition coefficient (Wildman–Crippen LogP) is 6.22. The van der Waals surface area contributed by atoms with Crippen LogP contribution in [0.4, 0.5) is 5.69 Å². The van der Waals surface area contributed by atoms with Crippen LogP contribution in [-0.4, -0.2) is 44.3 Å². The summed E-state index contributed by atoms with van der Waals surface area (Å²) in [5.74, 6) is -0.543. The van der Waals surface area contributed by atoms with Gasteiger partial charge in [0.15, 0.2) is 0 Å². The van der Waals surface area contributed by atoms with Crippen molar-refractivity contribution < 1.29 is 18.0 Å². The number of sulfonamides is 1. The van der Waals surface area contributed by atoms with E-state index in [9.17, 15) is 18.0 Å². The molecule has 45 heavy (non-hydrogen) atoms. The molecule has 4 aromatic rings. The van der Waals surface area contributed by atoms with Crippen molar-refractivity contribution in [3.05, 3.63) is 131 Å². The molecule has 0 spiro atoms. The van der Waals surface area contributed by atoms with Crippen LogP contribution in [0.5, 0.6) is 0 Å². The minimum atomic E-state index is -4.14. The van der Waals surface area contributed by atoms with Crippen molar-refractivity contribution in [3.63, 3.8) is 0 Å². The van der Waals surface area contributed by atoms with Gasteiger partial charge < -0.3 is 10.2 Å². The molecule has 0 fully saturated rings. The van der Waals surface area contributed by atoms with Gasteiger partial charge in [-0.2, -0.15) is 0 Å². The molecule has 1 atom stereocenters. The van der Waals surface area contributed by atoms with Crippen LogP contribution in [0.1, 0.15) is 41.7 Å². The maximum Gasteiger partial charge on any atom is 0.264 e. The van der Waals surface area contributed by atoms with Crippen molar-refractivity contribution in [2.24, 2.45) is 5.92 Å². The summed E-state index contributed by atoms with van der Waals surface area (Å²) in [7, 11) is -4.14. The lowest BCUT2D eigenvalue weighted by Gasteiger charge is -2.34. The predicted molar refractivity (Wildman–Crippen MR) is 180 cm³/mol. The van der Waals surface area contributed by atoms with E-state index in [4.69, 9.17) is 0 Å². The zero-order chi connectivity index (χ0) is 32.6. The van der Waals surface area contributed by atoms with Gasteiger partial charge in [-0.1, -0.05) is 92.7 Å². The van der Waals surface area contributed by atoms with Crippen molar-refractivity contribution in [3.8, 4) is 0 Å². The van der Waals surface area contributed by atoms with Gasteiger partial charge in [-0.15, -0.1) is 0 Å². The van der Waals surface area contributed by atoms with Gasteiger partial charge in [-0.05, 0) is 78.8 Å². The average Bonchev–Trinajstić information content (AvgIpc) is 3.01. The average molecular weight is 626 g/mol. The second-order valence-electron chi connectivity index (χ2n) is 12.0. The molecule has 0 bridgehead atoms. The summed E-state index contributed by atoms with van der Waals surface area (Å²) in [4.78, 5) is 30.1. The van der Waals surface area contributed by atoms with Crippen molar-refractivity contribution in [2.45, 2.75) is 58.5 Å². The highest BCUT2D eigenvalue weighted by molar-refractivity contribution is 7.92. The molecule has 8 heteroatoms. The van der Waals surface area contributed by atoms with Gasteiger partial charge in [-0.3, -0.25) is 13.9 Å². The summed E-state index contributed by atoms with van der Waals surface area (Å²) in [5, 5.41) is 3.03. The molecule has 4 aromatic carbocycles. The van der Waals surface area contributed by atoms with Crippen LogP contribution in [0.3, 0.4) is 0 Å². The lowest BCUT2D eigenvalue weighted by Crippen LogP contribution is -2.53. The fourth-order valence-corrected chi connectivity index (χ4v) is 6.71. The maximum absolute atomic E-state index is 14.6. The van der Waals surface area contributed by atoms with Crippen LogP contribution in [0.15, 0.2) is 108 Å². The zero-order valence-electron chi connectivity index (χ0n) is 26.7. The first-order valence-electron chi connectivity index (χ1n) is 15.3. The van der Waals surface area contributed by atoms with E-state index in [-0.39, 0.29) is 29.7 Å². The third-order valence-corrected chi connectivity index (χ3v) is 9.45. The Morgan fingerprint density at radius 1 is 0.778 bits per heavy atom. The number of nitrogens with zero attached hydrogens (tertiary/aromatic N) is 2. The Morgan fingerprint density at radius 3 is 1.96 bits per heavy atom. The van der Waals surface area contributed by atoms with Crippen LogP contribution >= 0.6 is 0 Å². The number of benzene rings is 4. The highest BCUT2D eigenvalue weighted by Gasteiger charge is 2.35. The molecule has 4 rings (SSSR count). The number of nitrogens with one attached hydrogen (secondary N) is 1. The summed E-state index contributed by atoms with van der Waals surface area (Å²) in [5.41, 5.74) is 4.89. The fraction of sp³-hybridized carbons (Fsp3) is 0.297. The van der Waals surface area contributed by atoms with E-state index >= 15 is 0 Å². The van der Waals surface area contributed by atoms with Gasteiger partial charge in [0.2, 0.25) is 11.8 Å². The number of amides is 2. The minimum Gasteiger partial charge on any atom is -0.354 e. The Morgan fingerprint density at radius 2 is 1.36 bits per heavy atom. The molecule has 0 saturated carbocycles. The molecule has 236 valence electrons. The van der Waals surface area contributed by atoms with Gasteiger partial charge in [-0.25, -0.2) is 8.42 Å². The first-order valence-corrected chi connectivity index (χ1v) is 16.7. The standard InChI is InChI=1S/C37H43N3O4S/c1-27(2)24-38-37(42)35(23-31-15-8-6-9-16-31)39(25-32-17-13-12-14-30(32)5)36(41)26-40(33-21-28(3)20-29(4)22-33)45(43,44)34-18-10-7-11-19-34/h6-22,27,35H,23-26H2,1-5H3,(H,38,42)/t35-/m0/s1. The van der Waals surface area contributed by atoms with E-state index in [2.05, 4.69) is 5.32 Å². The number of anilines is 1. The third-order valence-electron chi connectivity index (χ3n) is 7.66. The molecule has 2 amide bonds. The smallest absolute Gasteiger partial charge is 0.264 e. The third kappa shape index (κ3) is 8.82. The monoisotopic (exact) mass is 625 g/mol. The number of hydrogen-bond acceptors (Lipinski definition) is 4. The van der Waals surface area contributed by atoms with Gasteiger partial charge in [0, 0.05) is 19.5 Å². The van der Waals surface area contributed by atoms with Crippen LogP contribution < -0.4 is 9.62 Å². The van der Waals surface area contributed by atoms with E-state index < -0.39 is 28.5 Å². The number of carbonyl (C=O) groups is 2. The van der Waals surface area contributed by atoms with Crippen LogP contribution in [0, 0.1) is 26.7 Å². The topological polar surface area (TPSA) is 86.8 Å². The molecule has 0 unspecified atom stereocenters. The SMILES string of the molecule is Cc1cc(C)cc(N(CC(=O)N(Cc2ccccc2C)[C@@H](Cc2ccccc2)C(=O)NCC(C)C)S(=O)(=O)c2ccccc2)c1. The normalized spacial score (nSPS) is 12.0. The lowest BCUT2D eigenvalue weighted by molar-refractivity contribution is -0.140. The van der Waals surface area contributed by atoms with E-state index in [0.717, 1.165) is 27.8 Å². The Labute approximate surface area is 268 Å². The van der Waals surface area contributed by atoms with Crippen molar-refractivity contribution in [2.75, 3.05) is 17.4 Å². The second-order valence-corrected chi connectivity index (χ2v) is 13.8. The summed E-state index contributed by atoms with van der Waals surface area (Å²) in [6, 6.07) is 30.0. The highest BCUT2D eigenvalue weighted by atomic mass is 32.2. The fourth-order valence-electron chi connectivity index (χ4n) is 5.29. The molecule has 0 radical (unpaired) electrons. The number of carbonyl (C=O) groups excluding carboxylic acids is 2. The first-order chi connectivity index (χ1) is 21.5. The molecule has 0 aliphatic rings. The minimum absolute atomic E-state index is 0.0814. The van der Waals surface area contributed by atoms with Crippen molar-refractivity contribution >= 4 is 27.5 Å². The van der Waals surface area contributed by atoms with Crippen molar-refractivity contribution in [1.29, 1.82) is 0 Å². The van der Waals surface area contributed by atoms with E-state index in [1.807, 2.05) is 95.3 Å². The molecule has 0 heterocycles. The van der Waals surface area contributed by atoms with E-state index in [1.54, 1.807) is 35.2 Å². The summed E-state index contributed by atoms with van der Waals surface area (Å²) >= 11 is 0. The van der Waals surface area contributed by atoms with Crippen molar-refractivity contribution in [1.82, 2.24) is 10.2 Å². The second kappa shape index (κ2) is 15.0. The van der Waals surface area contributed by atoms with Crippen LogP contribution in [-0.2, 0) is 32.6 Å². The summed E-state index contributed by atoms with van der Waals surface area (Å²) in [6.07, 6.45) is 0.275. The molecule has 1 N–H and O–H groups in total.